The number of para-hydroxylation sites is 1. The molecule has 0 unspecified atom stereocenters. The number of aromatic nitrogens is 3. The molecule has 20 heteroatoms. The Labute approximate surface area is 365 Å². The van der Waals surface area contributed by atoms with Gasteiger partial charge in [0.15, 0.2) is 5.96 Å². The van der Waals surface area contributed by atoms with Gasteiger partial charge in [0.1, 0.15) is 36.3 Å². The number of guanidine groups is 1. The van der Waals surface area contributed by atoms with Crippen molar-refractivity contribution in [1.29, 1.82) is 5.41 Å². The molecule has 0 saturated heterocycles. The predicted octanol–water partition coefficient (Wildman–Crippen LogP) is -0.194. The first kappa shape index (κ1) is 48.4. The molecule has 2 aromatic heterocycles. The number of benzene rings is 2. The SMILES string of the molecule is CCCC[C@H](NC(C)=O)C(=O)N[C@@H](Cc1c[nH]cn1)C(=O)N[C@@H](Cc1ccccc1)C(=O)N[C@@H](CCCNC(=N)N)C(=O)N[C@@H](C)C(=O)N[C@@H](Cc1c[nH]c2ccccc12)C(N)=O. The van der Waals surface area contributed by atoms with Gasteiger partial charge in [0.2, 0.25) is 41.4 Å². The van der Waals surface area contributed by atoms with Crippen molar-refractivity contribution in [2.45, 2.75) is 108 Å². The molecule has 0 radical (unpaired) electrons. The third-order valence-electron chi connectivity index (χ3n) is 10.2. The molecule has 7 amide bonds. The quantitative estimate of drug-likeness (QED) is 0.0237. The lowest BCUT2D eigenvalue weighted by Crippen LogP contribution is -2.60. The fourth-order valence-corrected chi connectivity index (χ4v) is 6.84. The number of nitrogens with one attached hydrogen (secondary N) is 10. The highest BCUT2D eigenvalue weighted by Gasteiger charge is 2.33. The normalized spacial score (nSPS) is 13.8. The summed E-state index contributed by atoms with van der Waals surface area (Å²) in [6.07, 6.45) is 6.71. The minimum Gasteiger partial charge on any atom is -0.370 e. The van der Waals surface area contributed by atoms with E-state index in [1.165, 1.54) is 20.2 Å². The molecule has 0 bridgehead atoms. The third-order valence-corrected chi connectivity index (χ3v) is 10.2. The summed E-state index contributed by atoms with van der Waals surface area (Å²) in [6, 6.07) is 9.30. The lowest BCUT2D eigenvalue weighted by molar-refractivity contribution is -0.135. The number of amides is 7. The molecule has 14 N–H and O–H groups in total. The highest BCUT2D eigenvalue weighted by molar-refractivity contribution is 5.97. The van der Waals surface area contributed by atoms with Gasteiger partial charge < -0.3 is 58.7 Å². The number of carbonyl (C=O) groups is 7. The van der Waals surface area contributed by atoms with Crippen LogP contribution in [0.15, 0.2) is 73.3 Å². The van der Waals surface area contributed by atoms with Crippen molar-refractivity contribution >= 4 is 58.2 Å². The third kappa shape index (κ3) is 15.6. The first-order valence-corrected chi connectivity index (χ1v) is 20.9. The molecule has 4 aromatic rings. The number of H-pyrrole nitrogens is 2. The first-order chi connectivity index (χ1) is 30.1. The summed E-state index contributed by atoms with van der Waals surface area (Å²) >= 11 is 0. The molecular formula is C43H59N13O7. The van der Waals surface area contributed by atoms with Gasteiger partial charge in [0.25, 0.3) is 0 Å². The molecular weight excluding hydrogens is 811 g/mol. The Morgan fingerprint density at radius 2 is 1.27 bits per heavy atom. The molecule has 2 heterocycles. The average Bonchev–Trinajstić information content (AvgIpc) is 3.92. The molecule has 2 aromatic carbocycles. The number of hydrogen-bond acceptors (Lipinski definition) is 9. The summed E-state index contributed by atoms with van der Waals surface area (Å²) in [6.45, 7) is 4.83. The summed E-state index contributed by atoms with van der Waals surface area (Å²) in [5, 5.41) is 27.1. The smallest absolute Gasteiger partial charge is 0.243 e. The number of rotatable bonds is 25. The van der Waals surface area contributed by atoms with Crippen LogP contribution in [0.4, 0.5) is 0 Å². The van der Waals surface area contributed by atoms with Gasteiger partial charge in [-0.05, 0) is 43.4 Å². The van der Waals surface area contributed by atoms with E-state index in [0.717, 1.165) is 22.9 Å². The molecule has 0 aliphatic carbocycles. The lowest BCUT2D eigenvalue weighted by atomic mass is 10.0. The first-order valence-electron chi connectivity index (χ1n) is 20.9. The van der Waals surface area contributed by atoms with E-state index < -0.39 is 77.6 Å². The van der Waals surface area contributed by atoms with E-state index in [4.69, 9.17) is 16.9 Å². The van der Waals surface area contributed by atoms with E-state index in [2.05, 4.69) is 52.2 Å². The van der Waals surface area contributed by atoms with E-state index in [9.17, 15) is 33.6 Å². The Morgan fingerprint density at radius 1 is 0.683 bits per heavy atom. The molecule has 338 valence electrons. The van der Waals surface area contributed by atoms with Crippen molar-refractivity contribution in [3.05, 3.63) is 90.1 Å². The maximum absolute atomic E-state index is 14.3. The van der Waals surface area contributed by atoms with Gasteiger partial charge in [0, 0.05) is 56.0 Å². The molecule has 4 rings (SSSR count). The summed E-state index contributed by atoms with van der Waals surface area (Å²) in [5.74, 6) is -5.01. The lowest BCUT2D eigenvalue weighted by Gasteiger charge is -2.27. The monoisotopic (exact) mass is 869 g/mol. The van der Waals surface area contributed by atoms with Crippen molar-refractivity contribution in [3.63, 3.8) is 0 Å². The molecule has 0 saturated carbocycles. The minimum atomic E-state index is -1.28. The Hall–Kier alpha value is -7.25. The highest BCUT2D eigenvalue weighted by atomic mass is 16.2. The van der Waals surface area contributed by atoms with Crippen LogP contribution in [0.3, 0.4) is 0 Å². The fourth-order valence-electron chi connectivity index (χ4n) is 6.84. The van der Waals surface area contributed by atoms with Crippen LogP contribution >= 0.6 is 0 Å². The number of nitrogens with two attached hydrogens (primary N) is 2. The van der Waals surface area contributed by atoms with Crippen LogP contribution in [-0.2, 0) is 52.8 Å². The molecule has 0 spiro atoms. The predicted molar refractivity (Wildman–Crippen MR) is 235 cm³/mol. The Bertz CT molecular complexity index is 2180. The average molecular weight is 870 g/mol. The van der Waals surface area contributed by atoms with E-state index >= 15 is 0 Å². The van der Waals surface area contributed by atoms with Gasteiger partial charge in [-0.2, -0.15) is 0 Å². The Balaban J connectivity index is 1.54. The van der Waals surface area contributed by atoms with Crippen molar-refractivity contribution in [3.8, 4) is 0 Å². The largest absolute Gasteiger partial charge is 0.370 e. The molecule has 0 fully saturated rings. The maximum Gasteiger partial charge on any atom is 0.243 e. The number of primary amides is 1. The van der Waals surface area contributed by atoms with Crippen LogP contribution in [0.2, 0.25) is 0 Å². The molecule has 0 aliphatic rings. The van der Waals surface area contributed by atoms with Crippen LogP contribution < -0.4 is 48.7 Å². The van der Waals surface area contributed by atoms with E-state index in [-0.39, 0.29) is 44.6 Å². The second-order valence-electron chi connectivity index (χ2n) is 15.3. The summed E-state index contributed by atoms with van der Waals surface area (Å²) in [5.41, 5.74) is 13.8. The zero-order chi connectivity index (χ0) is 45.9. The van der Waals surface area contributed by atoms with E-state index in [1.54, 1.807) is 42.7 Å². The number of unbranched alkanes of at least 4 members (excludes halogenated alkanes) is 1. The molecule has 63 heavy (non-hydrogen) atoms. The number of fused-ring (bicyclic) bond motifs is 1. The van der Waals surface area contributed by atoms with Crippen LogP contribution in [0, 0.1) is 5.41 Å². The Kier molecular flexibility index (Phi) is 18.6. The second kappa shape index (κ2) is 24.3. The highest BCUT2D eigenvalue weighted by Crippen LogP contribution is 2.19. The second-order valence-corrected chi connectivity index (χ2v) is 15.3. The van der Waals surface area contributed by atoms with Gasteiger partial charge in [-0.3, -0.25) is 39.0 Å². The summed E-state index contributed by atoms with van der Waals surface area (Å²) < 4.78 is 0. The molecule has 0 aliphatic heterocycles. The van der Waals surface area contributed by atoms with Crippen LogP contribution in [0.5, 0.6) is 0 Å². The Morgan fingerprint density at radius 3 is 1.90 bits per heavy atom. The number of carbonyl (C=O) groups excluding carboxylic acids is 7. The van der Waals surface area contributed by atoms with Crippen LogP contribution in [0.1, 0.15) is 69.7 Å². The van der Waals surface area contributed by atoms with E-state index in [1.807, 2.05) is 31.2 Å². The van der Waals surface area contributed by atoms with Gasteiger partial charge in [0.05, 0.1) is 12.0 Å². The van der Waals surface area contributed by atoms with Gasteiger partial charge in [-0.25, -0.2) is 4.98 Å². The van der Waals surface area contributed by atoms with Crippen LogP contribution in [0.25, 0.3) is 10.9 Å². The zero-order valence-corrected chi connectivity index (χ0v) is 35.7. The number of hydrogen-bond donors (Lipinski definition) is 12. The van der Waals surface area contributed by atoms with E-state index in [0.29, 0.717) is 24.1 Å². The van der Waals surface area contributed by atoms with Gasteiger partial charge in [-0.15, -0.1) is 0 Å². The summed E-state index contributed by atoms with van der Waals surface area (Å²) in [4.78, 5) is 104. The maximum atomic E-state index is 14.3. The number of nitrogens with zero attached hydrogens (tertiary/aromatic N) is 1. The van der Waals surface area contributed by atoms with Crippen molar-refractivity contribution in [1.82, 2.24) is 52.2 Å². The zero-order valence-electron chi connectivity index (χ0n) is 35.7. The van der Waals surface area contributed by atoms with Gasteiger partial charge >= 0.3 is 0 Å². The topological polar surface area (TPSA) is 324 Å². The van der Waals surface area contributed by atoms with Gasteiger partial charge in [-0.1, -0.05) is 68.3 Å². The summed E-state index contributed by atoms with van der Waals surface area (Å²) in [7, 11) is 0. The number of aromatic amines is 2. The van der Waals surface area contributed by atoms with Crippen molar-refractivity contribution < 1.29 is 33.6 Å². The fraction of sp³-hybridized carbons (Fsp3) is 0.419. The number of imidazole rings is 1. The minimum absolute atomic E-state index is 0.0167. The molecule has 20 nitrogen and oxygen atoms in total. The van der Waals surface area contributed by atoms with Crippen molar-refractivity contribution in [2.75, 3.05) is 6.54 Å². The standard InChI is InChI=1S/C43H59N13O7/c1-4-5-15-32(52-26(3)57)40(61)56-36(21-29-23-47-24-50-29)42(63)55-35(19-27-12-7-6-8-13-27)41(62)53-33(17-11-18-48-43(45)46)39(60)51-25(2)38(59)54-34(37(44)58)20-28-22-49-31-16-10-9-14-30(28)31/h6-10,12-14,16,22-25,32-36,49H,4-5,11,15,17-21H2,1-3H3,(H2,44,58)(H,47,50)(H,51,60)(H,52,57)(H,53,62)(H,54,59)(H,55,63)(H,56,61)(H4,45,46,48)/t25-,32-,33-,34-,35-,36-/m0/s1. The van der Waals surface area contributed by atoms with Crippen molar-refractivity contribution in [2.24, 2.45) is 11.5 Å². The molecule has 6 atom stereocenters. The van der Waals surface area contributed by atoms with Crippen LogP contribution in [-0.4, -0.2) is 105 Å².